The van der Waals surface area contributed by atoms with E-state index in [-0.39, 0.29) is 34.8 Å². The highest BCUT2D eigenvalue weighted by molar-refractivity contribution is 7.81. The van der Waals surface area contributed by atoms with Crippen LogP contribution in [0.3, 0.4) is 0 Å². The number of benzene rings is 3. The number of thiocarbonyl (C=S) groups is 1. The average Bonchev–Trinajstić information content (AvgIpc) is 3.55. The zero-order valence-electron chi connectivity index (χ0n) is 32.5. The van der Waals surface area contributed by atoms with Gasteiger partial charge in [0.1, 0.15) is 17.3 Å². The number of carbonyl (C=O) groups excluding carboxylic acids is 5. The number of imide groups is 2. The number of anilines is 3. The van der Waals surface area contributed by atoms with E-state index in [4.69, 9.17) is 17.0 Å². The number of hydrogen-bond donors (Lipinski definition) is 1. The third-order valence-corrected chi connectivity index (χ3v) is 11.6. The fourth-order valence-electron chi connectivity index (χ4n) is 8.05. The van der Waals surface area contributed by atoms with Crippen molar-refractivity contribution < 1.29 is 41.9 Å². The predicted molar refractivity (Wildman–Crippen MR) is 215 cm³/mol. The average molecular weight is 830 g/mol. The van der Waals surface area contributed by atoms with Crippen LogP contribution in [0.4, 0.5) is 30.2 Å². The lowest BCUT2D eigenvalue weighted by molar-refractivity contribution is -0.138. The summed E-state index contributed by atoms with van der Waals surface area (Å²) in [6.45, 7) is 7.76. The third-order valence-electron chi connectivity index (χ3n) is 11.2. The molecular weight excluding hydrogens is 788 g/mol. The Balaban J connectivity index is 0.871. The molecule has 1 N–H and O–H groups in total. The van der Waals surface area contributed by atoms with Crippen LogP contribution in [-0.4, -0.2) is 95.4 Å². The smallest absolute Gasteiger partial charge is 0.417 e. The molecule has 3 saturated heterocycles. The van der Waals surface area contributed by atoms with Crippen LogP contribution < -0.4 is 24.8 Å². The molecule has 0 bridgehead atoms. The first-order valence-corrected chi connectivity index (χ1v) is 19.9. The fraction of sp³-hybridized carbons (Fsp3) is 0.405. The molecule has 4 heterocycles. The Bertz CT molecular complexity index is 2270. The van der Waals surface area contributed by atoms with Crippen molar-refractivity contribution >= 4 is 63.9 Å². The van der Waals surface area contributed by atoms with Crippen LogP contribution in [0.25, 0.3) is 0 Å². The molecule has 0 aromatic heterocycles. The standard InChI is InChI=1S/C42H42F3N7O6S/c1-41(2)39(57)50(28-12-11-26(25-46)31(24-28)42(43,44)45)40(59)52(41)32-9-5-6-10-34(32)58-22-8-4-3-7-17-48-18-20-49(21-19-48)27-13-14-29-30(23-27)38(56)51(37(29)55)33-15-16-35(53)47-36(33)54/h5-6,9-14,23-24,33H,3-4,7-8,15-22H2,1-2H3,(H,47,53,54). The summed E-state index contributed by atoms with van der Waals surface area (Å²) in [6.07, 6.45) is -0.973. The summed E-state index contributed by atoms with van der Waals surface area (Å²) in [5.74, 6) is -2.13. The second kappa shape index (κ2) is 16.4. The Morgan fingerprint density at radius 3 is 2.29 bits per heavy atom. The second-order valence-electron chi connectivity index (χ2n) is 15.4. The van der Waals surface area contributed by atoms with Crippen molar-refractivity contribution in [2.75, 3.05) is 54.0 Å². The molecule has 0 radical (unpaired) electrons. The van der Waals surface area contributed by atoms with E-state index in [1.165, 1.54) is 6.07 Å². The van der Waals surface area contributed by atoms with E-state index in [1.54, 1.807) is 61.2 Å². The van der Waals surface area contributed by atoms with Crippen LogP contribution >= 0.6 is 12.2 Å². The first-order valence-electron chi connectivity index (χ1n) is 19.5. The molecule has 4 aliphatic heterocycles. The molecule has 13 nitrogen and oxygen atoms in total. The van der Waals surface area contributed by atoms with Crippen molar-refractivity contribution in [1.29, 1.82) is 5.26 Å². The summed E-state index contributed by atoms with van der Waals surface area (Å²) in [5.41, 5.74) is -1.17. The number of nitrogens with zero attached hydrogens (tertiary/aromatic N) is 6. The van der Waals surface area contributed by atoms with Gasteiger partial charge < -0.3 is 9.64 Å². The summed E-state index contributed by atoms with van der Waals surface area (Å²) < 4.78 is 47.5. The number of alkyl halides is 3. The van der Waals surface area contributed by atoms with Gasteiger partial charge in [-0.15, -0.1) is 0 Å². The lowest BCUT2D eigenvalue weighted by Crippen LogP contribution is -2.54. The number of fused-ring (bicyclic) bond motifs is 1. The van der Waals surface area contributed by atoms with Crippen molar-refractivity contribution in [1.82, 2.24) is 15.1 Å². The maximum Gasteiger partial charge on any atom is 0.417 e. The zero-order valence-corrected chi connectivity index (χ0v) is 33.3. The van der Waals surface area contributed by atoms with Crippen molar-refractivity contribution in [3.8, 4) is 11.8 Å². The minimum atomic E-state index is -4.80. The molecule has 3 fully saturated rings. The van der Waals surface area contributed by atoms with Crippen molar-refractivity contribution in [2.45, 2.75) is 70.1 Å². The molecule has 1 unspecified atom stereocenters. The Labute approximate surface area is 344 Å². The van der Waals surface area contributed by atoms with E-state index in [1.807, 2.05) is 6.07 Å². The molecule has 59 heavy (non-hydrogen) atoms. The topological polar surface area (TPSA) is 147 Å². The third kappa shape index (κ3) is 7.98. The molecular formula is C42H42F3N7O6S. The number of nitriles is 1. The highest BCUT2D eigenvalue weighted by Crippen LogP contribution is 2.42. The van der Waals surface area contributed by atoms with Gasteiger partial charge in [-0.05, 0) is 100 Å². The molecule has 5 amide bonds. The van der Waals surface area contributed by atoms with Gasteiger partial charge in [-0.25, -0.2) is 0 Å². The maximum atomic E-state index is 13.8. The van der Waals surface area contributed by atoms with Crippen LogP contribution in [0.5, 0.6) is 5.75 Å². The quantitative estimate of drug-likeness (QED) is 0.137. The first-order chi connectivity index (χ1) is 28.1. The number of rotatable bonds is 12. The summed E-state index contributed by atoms with van der Waals surface area (Å²) >= 11 is 5.71. The number of para-hydroxylation sites is 2. The van der Waals surface area contributed by atoms with Crippen molar-refractivity contribution in [3.63, 3.8) is 0 Å². The van der Waals surface area contributed by atoms with Crippen LogP contribution in [0.2, 0.25) is 0 Å². The van der Waals surface area contributed by atoms with Gasteiger partial charge in [0.2, 0.25) is 11.8 Å². The van der Waals surface area contributed by atoms with E-state index in [9.17, 15) is 42.4 Å². The molecule has 17 heteroatoms. The molecule has 4 aliphatic rings. The molecule has 3 aromatic carbocycles. The maximum absolute atomic E-state index is 13.8. The minimum Gasteiger partial charge on any atom is -0.491 e. The van der Waals surface area contributed by atoms with Gasteiger partial charge in [0.25, 0.3) is 17.7 Å². The molecule has 3 aromatic rings. The van der Waals surface area contributed by atoms with E-state index in [2.05, 4.69) is 15.1 Å². The van der Waals surface area contributed by atoms with Gasteiger partial charge >= 0.3 is 6.18 Å². The Hall–Kier alpha value is -5.86. The monoisotopic (exact) mass is 829 g/mol. The van der Waals surface area contributed by atoms with E-state index < -0.39 is 58.4 Å². The summed E-state index contributed by atoms with van der Waals surface area (Å²) in [5, 5.41) is 11.4. The van der Waals surface area contributed by atoms with Crippen molar-refractivity contribution in [2.24, 2.45) is 0 Å². The molecule has 0 saturated carbocycles. The highest BCUT2D eigenvalue weighted by atomic mass is 32.1. The Kier molecular flexibility index (Phi) is 11.5. The minimum absolute atomic E-state index is 0.00745. The molecule has 308 valence electrons. The lowest BCUT2D eigenvalue weighted by Gasteiger charge is -2.36. The van der Waals surface area contributed by atoms with Crippen LogP contribution in [-0.2, 0) is 20.6 Å². The molecule has 0 spiro atoms. The van der Waals surface area contributed by atoms with Gasteiger partial charge in [-0.2, -0.15) is 18.4 Å². The van der Waals surface area contributed by atoms with E-state index >= 15 is 0 Å². The molecule has 0 aliphatic carbocycles. The van der Waals surface area contributed by atoms with Crippen molar-refractivity contribution in [3.05, 3.63) is 82.9 Å². The number of amides is 5. The summed E-state index contributed by atoms with van der Waals surface area (Å²) in [4.78, 5) is 72.3. The largest absolute Gasteiger partial charge is 0.491 e. The SMILES string of the molecule is CC1(C)C(=O)N(c2ccc(C#N)c(C(F)(F)F)c2)C(=S)N1c1ccccc1OCCCCCCN1CCN(c2ccc3c(c2)C(=O)N(C2CCC(=O)NC2=O)C3=O)CC1. The predicted octanol–water partition coefficient (Wildman–Crippen LogP) is 5.66. The lowest BCUT2D eigenvalue weighted by atomic mass is 10.0. The van der Waals surface area contributed by atoms with E-state index in [0.717, 1.165) is 86.0 Å². The number of unbranched alkanes of at least 4 members (excludes halogenated alkanes) is 3. The van der Waals surface area contributed by atoms with Gasteiger partial charge in [0, 0.05) is 38.3 Å². The number of piperidine rings is 1. The normalized spacial score (nSPS) is 19.7. The number of piperazine rings is 1. The first kappa shape index (κ1) is 41.3. The van der Waals surface area contributed by atoms with Gasteiger partial charge in [-0.3, -0.25) is 48.9 Å². The van der Waals surface area contributed by atoms with Gasteiger partial charge in [-0.1, -0.05) is 25.0 Å². The van der Waals surface area contributed by atoms with Crippen LogP contribution in [0.1, 0.15) is 84.2 Å². The van der Waals surface area contributed by atoms with Gasteiger partial charge in [0.05, 0.1) is 46.3 Å². The second-order valence-corrected chi connectivity index (χ2v) is 15.8. The number of carbonyl (C=O) groups is 5. The molecule has 7 rings (SSSR count). The van der Waals surface area contributed by atoms with Crippen LogP contribution in [0, 0.1) is 11.3 Å². The zero-order chi connectivity index (χ0) is 42.2. The van der Waals surface area contributed by atoms with Crippen LogP contribution in [0.15, 0.2) is 60.7 Å². The van der Waals surface area contributed by atoms with Gasteiger partial charge in [0.15, 0.2) is 5.11 Å². The summed E-state index contributed by atoms with van der Waals surface area (Å²) in [7, 11) is 0. The number of hydrogen-bond acceptors (Lipinski definition) is 10. The molecule has 1 atom stereocenters. The Morgan fingerprint density at radius 2 is 1.58 bits per heavy atom. The number of nitrogens with one attached hydrogen (secondary N) is 1. The Morgan fingerprint density at radius 1 is 0.881 bits per heavy atom. The summed E-state index contributed by atoms with van der Waals surface area (Å²) in [6, 6.07) is 15.9. The van der Waals surface area contributed by atoms with E-state index in [0.29, 0.717) is 18.0 Å². The number of ether oxygens (including phenoxy) is 1. The number of halogens is 3. The highest BCUT2D eigenvalue weighted by Gasteiger charge is 2.51. The fourth-order valence-corrected chi connectivity index (χ4v) is 8.57.